The fourth-order valence-corrected chi connectivity index (χ4v) is 5.27. The van der Waals surface area contributed by atoms with Crippen LogP contribution in [0.5, 0.6) is 5.75 Å². The number of Topliss-reactive ketones (excluding diaryl/α,β-unsaturated/α-hetero) is 1. The van der Waals surface area contributed by atoms with Gasteiger partial charge in [0.2, 0.25) is 0 Å². The standard InChI is InChI=1S/C30H31N3O6S/c1-6-15-38-22-10-8-9-20(17-22)25(34)23-24(19-11-13-21(14-12-19)32(4)5)33(28(36)26(23)35)30-31-18(3)27(40-30)29(37)39-16-7-2/h7-14,17,24,34H,2,6,15-16H2,1,3-5H3. The summed E-state index contributed by atoms with van der Waals surface area (Å²) in [6.45, 7) is 7.68. The molecule has 1 unspecified atom stereocenters. The van der Waals surface area contributed by atoms with Crippen LogP contribution in [0.1, 0.15) is 45.9 Å². The number of esters is 1. The van der Waals surface area contributed by atoms with E-state index >= 15 is 0 Å². The first-order chi connectivity index (χ1) is 19.2. The summed E-state index contributed by atoms with van der Waals surface area (Å²) in [7, 11) is 3.81. The van der Waals surface area contributed by atoms with Crippen LogP contribution in [0.3, 0.4) is 0 Å². The van der Waals surface area contributed by atoms with Crippen LogP contribution in [0, 0.1) is 6.92 Å². The molecule has 2 heterocycles. The number of nitrogens with zero attached hydrogens (tertiary/aromatic N) is 3. The van der Waals surface area contributed by atoms with E-state index in [1.54, 1.807) is 43.3 Å². The lowest BCUT2D eigenvalue weighted by Gasteiger charge is -2.23. The second kappa shape index (κ2) is 12.2. The largest absolute Gasteiger partial charge is 0.507 e. The van der Waals surface area contributed by atoms with Gasteiger partial charge in [-0.2, -0.15) is 0 Å². The first-order valence-corrected chi connectivity index (χ1v) is 13.6. The van der Waals surface area contributed by atoms with Crippen LogP contribution in [0.4, 0.5) is 10.8 Å². The molecule has 1 N–H and O–H groups in total. The molecule has 40 heavy (non-hydrogen) atoms. The smallest absolute Gasteiger partial charge is 0.350 e. The van der Waals surface area contributed by atoms with Crippen molar-refractivity contribution in [2.75, 3.05) is 37.1 Å². The Labute approximate surface area is 237 Å². The van der Waals surface area contributed by atoms with E-state index in [1.165, 1.54) is 11.0 Å². The quantitative estimate of drug-likeness (QED) is 0.117. The van der Waals surface area contributed by atoms with Crippen molar-refractivity contribution in [3.05, 3.63) is 88.5 Å². The molecule has 1 aliphatic rings. The highest BCUT2D eigenvalue weighted by molar-refractivity contribution is 7.17. The number of hydrogen-bond acceptors (Lipinski definition) is 9. The van der Waals surface area contributed by atoms with Gasteiger partial charge in [-0.3, -0.25) is 14.5 Å². The van der Waals surface area contributed by atoms with Gasteiger partial charge in [0, 0.05) is 25.3 Å². The number of aromatic nitrogens is 1. The maximum atomic E-state index is 13.5. The predicted molar refractivity (Wildman–Crippen MR) is 155 cm³/mol. The minimum Gasteiger partial charge on any atom is -0.507 e. The molecule has 0 aliphatic carbocycles. The lowest BCUT2D eigenvalue weighted by molar-refractivity contribution is -0.132. The van der Waals surface area contributed by atoms with Gasteiger partial charge < -0.3 is 19.5 Å². The molecule has 0 bridgehead atoms. The number of aryl methyl sites for hydroxylation is 1. The van der Waals surface area contributed by atoms with Crippen molar-refractivity contribution >= 4 is 45.6 Å². The summed E-state index contributed by atoms with van der Waals surface area (Å²) in [6.07, 6.45) is 2.26. The molecular formula is C30H31N3O6S. The molecule has 1 atom stereocenters. The normalized spacial score (nSPS) is 16.2. The molecular weight excluding hydrogens is 530 g/mol. The average Bonchev–Trinajstić information content (AvgIpc) is 3.46. The third kappa shape index (κ3) is 5.62. The number of carbonyl (C=O) groups is 3. The van der Waals surface area contributed by atoms with E-state index in [0.29, 0.717) is 29.2 Å². The van der Waals surface area contributed by atoms with E-state index in [9.17, 15) is 19.5 Å². The maximum absolute atomic E-state index is 13.5. The zero-order valence-corrected chi connectivity index (χ0v) is 23.7. The van der Waals surface area contributed by atoms with Gasteiger partial charge in [-0.25, -0.2) is 9.78 Å². The van der Waals surface area contributed by atoms with E-state index < -0.39 is 23.7 Å². The van der Waals surface area contributed by atoms with Crippen molar-refractivity contribution in [3.8, 4) is 5.75 Å². The number of ketones is 1. The number of aliphatic hydroxyl groups is 1. The second-order valence-electron chi connectivity index (χ2n) is 9.33. The number of benzene rings is 2. The Morgan fingerprint density at radius 3 is 2.58 bits per heavy atom. The fourth-order valence-electron chi connectivity index (χ4n) is 4.28. The van der Waals surface area contributed by atoms with Crippen LogP contribution in [0.2, 0.25) is 0 Å². The van der Waals surface area contributed by atoms with Crippen molar-refractivity contribution in [2.24, 2.45) is 0 Å². The second-order valence-corrected chi connectivity index (χ2v) is 10.3. The van der Waals surface area contributed by atoms with Gasteiger partial charge in [0.05, 0.1) is 23.9 Å². The summed E-state index contributed by atoms with van der Waals surface area (Å²) in [5, 5.41) is 11.6. The molecule has 0 spiro atoms. The topological polar surface area (TPSA) is 109 Å². The molecule has 10 heteroatoms. The van der Waals surface area contributed by atoms with Crippen LogP contribution < -0.4 is 14.5 Å². The fraction of sp³-hybridized carbons (Fsp3) is 0.267. The summed E-state index contributed by atoms with van der Waals surface area (Å²) in [4.78, 5) is 47.4. The van der Waals surface area contributed by atoms with Crippen molar-refractivity contribution < 1.29 is 29.0 Å². The molecule has 4 rings (SSSR count). The summed E-state index contributed by atoms with van der Waals surface area (Å²) in [5.74, 6) is -2.12. The third-order valence-corrected chi connectivity index (χ3v) is 7.40. The number of thiazole rings is 1. The van der Waals surface area contributed by atoms with Crippen LogP contribution >= 0.6 is 11.3 Å². The zero-order chi connectivity index (χ0) is 29.0. The molecule has 1 aromatic heterocycles. The van der Waals surface area contributed by atoms with Crippen molar-refractivity contribution in [2.45, 2.75) is 26.3 Å². The first kappa shape index (κ1) is 28.6. The number of carbonyl (C=O) groups excluding carboxylic acids is 3. The van der Waals surface area contributed by atoms with Gasteiger partial charge in [0.25, 0.3) is 5.78 Å². The Balaban J connectivity index is 1.86. The molecule has 1 aliphatic heterocycles. The van der Waals surface area contributed by atoms with Crippen molar-refractivity contribution in [1.29, 1.82) is 0 Å². The Bertz CT molecular complexity index is 1470. The number of aliphatic hydroxyl groups excluding tert-OH is 1. The number of ether oxygens (including phenoxy) is 2. The molecule has 1 saturated heterocycles. The molecule has 3 aromatic rings. The number of rotatable bonds is 10. The zero-order valence-electron chi connectivity index (χ0n) is 22.8. The molecule has 208 valence electrons. The van der Waals surface area contributed by atoms with Crippen molar-refractivity contribution in [3.63, 3.8) is 0 Å². The van der Waals surface area contributed by atoms with Crippen LogP contribution in [-0.2, 0) is 14.3 Å². The van der Waals surface area contributed by atoms with Gasteiger partial charge in [0.1, 0.15) is 23.0 Å². The minimum atomic E-state index is -0.987. The number of anilines is 2. The summed E-state index contributed by atoms with van der Waals surface area (Å²) < 4.78 is 10.9. The third-order valence-electron chi connectivity index (χ3n) is 6.26. The van der Waals surface area contributed by atoms with Crippen LogP contribution in [0.15, 0.2) is 66.8 Å². The van der Waals surface area contributed by atoms with Crippen LogP contribution in [0.25, 0.3) is 5.76 Å². The lowest BCUT2D eigenvalue weighted by atomic mass is 9.95. The molecule has 1 amide bonds. The summed E-state index contributed by atoms with van der Waals surface area (Å²) in [5.41, 5.74) is 2.12. The van der Waals surface area contributed by atoms with Gasteiger partial charge in [-0.1, -0.05) is 55.2 Å². The monoisotopic (exact) mass is 561 g/mol. The lowest BCUT2D eigenvalue weighted by Crippen LogP contribution is -2.29. The van der Waals surface area contributed by atoms with Gasteiger partial charge in [-0.15, -0.1) is 0 Å². The molecule has 0 saturated carbocycles. The highest BCUT2D eigenvalue weighted by Crippen LogP contribution is 2.44. The van der Waals surface area contributed by atoms with Gasteiger partial charge >= 0.3 is 11.9 Å². The van der Waals surface area contributed by atoms with E-state index in [1.807, 2.05) is 38.1 Å². The van der Waals surface area contributed by atoms with Gasteiger partial charge in [0.15, 0.2) is 5.13 Å². The number of amides is 1. The first-order valence-electron chi connectivity index (χ1n) is 12.7. The SMILES string of the molecule is C=CCOC(=O)c1sc(N2C(=O)C(=O)C(=C(O)c3cccc(OCCC)c3)C2c2ccc(N(C)C)cc2)nc1C. The summed E-state index contributed by atoms with van der Waals surface area (Å²) in [6, 6.07) is 13.1. The van der Waals surface area contributed by atoms with Gasteiger partial charge in [-0.05, 0) is 43.2 Å². The average molecular weight is 562 g/mol. The Hall–Kier alpha value is -4.44. The number of hydrogen-bond donors (Lipinski definition) is 1. The maximum Gasteiger partial charge on any atom is 0.350 e. The Kier molecular flexibility index (Phi) is 8.69. The molecule has 1 fully saturated rings. The molecule has 9 nitrogen and oxygen atoms in total. The Morgan fingerprint density at radius 1 is 1.20 bits per heavy atom. The van der Waals surface area contributed by atoms with E-state index in [0.717, 1.165) is 23.4 Å². The molecule has 2 aromatic carbocycles. The Morgan fingerprint density at radius 2 is 1.93 bits per heavy atom. The van der Waals surface area contributed by atoms with Crippen LogP contribution in [-0.4, -0.2) is 55.1 Å². The highest BCUT2D eigenvalue weighted by atomic mass is 32.1. The van der Waals surface area contributed by atoms with E-state index in [-0.39, 0.29) is 27.9 Å². The van der Waals surface area contributed by atoms with E-state index in [4.69, 9.17) is 9.47 Å². The summed E-state index contributed by atoms with van der Waals surface area (Å²) >= 11 is 0.949. The predicted octanol–water partition coefficient (Wildman–Crippen LogP) is 5.28. The molecule has 0 radical (unpaired) electrons. The minimum absolute atomic E-state index is 0.0231. The highest BCUT2D eigenvalue weighted by Gasteiger charge is 2.48. The van der Waals surface area contributed by atoms with E-state index in [2.05, 4.69) is 11.6 Å². The van der Waals surface area contributed by atoms with Crippen molar-refractivity contribution in [1.82, 2.24) is 4.98 Å².